The van der Waals surface area contributed by atoms with E-state index < -0.39 is 0 Å². The number of carbonyl (C=O) groups excluding carboxylic acids is 1. The fraction of sp³-hybridized carbons (Fsp3) is 0.375. The summed E-state index contributed by atoms with van der Waals surface area (Å²) in [6.45, 7) is 2.49. The molecule has 0 aromatic carbocycles. The van der Waals surface area contributed by atoms with E-state index in [1.54, 1.807) is 23.9 Å². The van der Waals surface area contributed by atoms with Gasteiger partial charge in [-0.3, -0.25) is 4.79 Å². The first-order valence-electron chi connectivity index (χ1n) is 3.85. The zero-order valence-corrected chi connectivity index (χ0v) is 7.29. The predicted molar refractivity (Wildman–Crippen MR) is 47.8 cm³/mol. The van der Waals surface area contributed by atoms with Gasteiger partial charge in [0.05, 0.1) is 5.56 Å². The molecule has 0 fully saturated rings. The molecule has 0 unspecified atom stereocenters. The Hall–Kier alpha value is -1.45. The number of amides is 1. The van der Waals surface area contributed by atoms with Gasteiger partial charge < -0.3 is 15.6 Å². The van der Waals surface area contributed by atoms with Crippen LogP contribution in [0.5, 0.6) is 0 Å². The second kappa shape index (κ2) is 3.30. The summed E-state index contributed by atoms with van der Waals surface area (Å²) in [6.07, 6.45) is 1.76. The molecule has 0 aliphatic rings. The van der Waals surface area contributed by atoms with Gasteiger partial charge in [0.15, 0.2) is 0 Å². The number of carbonyl (C=O) groups is 1. The minimum atomic E-state index is -0.115. The molecule has 4 heteroatoms. The second-order valence-electron chi connectivity index (χ2n) is 2.59. The van der Waals surface area contributed by atoms with E-state index in [1.807, 2.05) is 6.92 Å². The zero-order valence-electron chi connectivity index (χ0n) is 7.29. The summed E-state index contributed by atoms with van der Waals surface area (Å²) in [5, 5.41) is 2.68. The second-order valence-corrected chi connectivity index (χ2v) is 2.59. The highest BCUT2D eigenvalue weighted by Gasteiger charge is 2.10. The maximum atomic E-state index is 11.3. The summed E-state index contributed by atoms with van der Waals surface area (Å²) >= 11 is 0. The molecule has 66 valence electrons. The quantitative estimate of drug-likeness (QED) is 0.668. The third-order valence-corrected chi connectivity index (χ3v) is 1.70. The van der Waals surface area contributed by atoms with E-state index >= 15 is 0 Å². The van der Waals surface area contributed by atoms with Gasteiger partial charge in [0.1, 0.15) is 5.82 Å². The number of hydrogen-bond acceptors (Lipinski definition) is 2. The molecule has 0 aliphatic heterocycles. The van der Waals surface area contributed by atoms with Gasteiger partial charge in [-0.25, -0.2) is 0 Å². The lowest BCUT2D eigenvalue weighted by Crippen LogP contribution is -2.23. The van der Waals surface area contributed by atoms with Gasteiger partial charge in [-0.1, -0.05) is 0 Å². The van der Waals surface area contributed by atoms with E-state index in [-0.39, 0.29) is 5.91 Å². The molecule has 0 spiro atoms. The van der Waals surface area contributed by atoms with Crippen LogP contribution in [0.2, 0.25) is 0 Å². The van der Waals surface area contributed by atoms with Gasteiger partial charge in [-0.05, 0) is 13.0 Å². The van der Waals surface area contributed by atoms with E-state index in [0.717, 1.165) is 0 Å². The highest BCUT2D eigenvalue weighted by Crippen LogP contribution is 2.10. The summed E-state index contributed by atoms with van der Waals surface area (Å²) in [7, 11) is 1.80. The van der Waals surface area contributed by atoms with Crippen LogP contribution in [0.1, 0.15) is 17.3 Å². The van der Waals surface area contributed by atoms with E-state index in [1.165, 1.54) is 0 Å². The number of rotatable bonds is 2. The first-order chi connectivity index (χ1) is 5.66. The third-order valence-electron chi connectivity index (χ3n) is 1.70. The number of aromatic nitrogens is 1. The molecule has 1 aromatic heterocycles. The summed E-state index contributed by atoms with van der Waals surface area (Å²) in [4.78, 5) is 11.3. The number of anilines is 1. The van der Waals surface area contributed by atoms with Crippen LogP contribution in [-0.2, 0) is 7.05 Å². The van der Waals surface area contributed by atoms with E-state index in [9.17, 15) is 4.79 Å². The van der Waals surface area contributed by atoms with Crippen LogP contribution >= 0.6 is 0 Å². The average molecular weight is 167 g/mol. The lowest BCUT2D eigenvalue weighted by Gasteiger charge is -2.01. The van der Waals surface area contributed by atoms with Crippen molar-refractivity contribution in [2.75, 3.05) is 12.3 Å². The van der Waals surface area contributed by atoms with Crippen molar-refractivity contribution in [3.63, 3.8) is 0 Å². The number of nitrogens with two attached hydrogens (primary N) is 1. The van der Waals surface area contributed by atoms with E-state index in [4.69, 9.17) is 5.73 Å². The van der Waals surface area contributed by atoms with Gasteiger partial charge in [-0.2, -0.15) is 0 Å². The molecule has 1 aromatic rings. The van der Waals surface area contributed by atoms with Crippen LogP contribution in [0.15, 0.2) is 12.3 Å². The lowest BCUT2D eigenvalue weighted by molar-refractivity contribution is 0.0957. The van der Waals surface area contributed by atoms with Crippen LogP contribution < -0.4 is 11.1 Å². The Balaban J connectivity index is 2.88. The van der Waals surface area contributed by atoms with Crippen LogP contribution in [0.25, 0.3) is 0 Å². The Morgan fingerprint density at radius 3 is 2.83 bits per heavy atom. The van der Waals surface area contributed by atoms with Gasteiger partial charge >= 0.3 is 0 Å². The molecule has 3 N–H and O–H groups in total. The maximum absolute atomic E-state index is 11.3. The maximum Gasteiger partial charge on any atom is 0.255 e. The SMILES string of the molecule is CCNC(=O)c1ccn(C)c1N. The van der Waals surface area contributed by atoms with Crippen LogP contribution in [-0.4, -0.2) is 17.0 Å². The molecular formula is C8H13N3O. The summed E-state index contributed by atoms with van der Waals surface area (Å²) in [5.41, 5.74) is 6.18. The zero-order chi connectivity index (χ0) is 9.14. The van der Waals surface area contributed by atoms with Crippen molar-refractivity contribution in [1.29, 1.82) is 0 Å². The van der Waals surface area contributed by atoms with Crippen molar-refractivity contribution >= 4 is 11.7 Å². The molecule has 0 radical (unpaired) electrons. The van der Waals surface area contributed by atoms with Crippen LogP contribution in [0.3, 0.4) is 0 Å². The van der Waals surface area contributed by atoms with Gasteiger partial charge in [-0.15, -0.1) is 0 Å². The fourth-order valence-electron chi connectivity index (χ4n) is 0.990. The molecule has 0 atom stereocenters. The van der Waals surface area contributed by atoms with Crippen molar-refractivity contribution in [2.24, 2.45) is 7.05 Å². The number of nitrogens with one attached hydrogen (secondary N) is 1. The highest BCUT2D eigenvalue weighted by molar-refractivity contribution is 5.98. The van der Waals surface area contributed by atoms with E-state index in [2.05, 4.69) is 5.32 Å². The van der Waals surface area contributed by atoms with Crippen molar-refractivity contribution in [2.45, 2.75) is 6.92 Å². The Kier molecular flexibility index (Phi) is 2.38. The Morgan fingerprint density at radius 1 is 1.75 bits per heavy atom. The predicted octanol–water partition coefficient (Wildman–Crippen LogP) is 0.357. The molecule has 0 saturated heterocycles. The summed E-state index contributed by atoms with van der Waals surface area (Å²) < 4.78 is 1.71. The van der Waals surface area contributed by atoms with Crippen molar-refractivity contribution in [3.8, 4) is 0 Å². The molecule has 0 aliphatic carbocycles. The van der Waals surface area contributed by atoms with Crippen molar-refractivity contribution in [3.05, 3.63) is 17.8 Å². The number of nitrogens with zero attached hydrogens (tertiary/aromatic N) is 1. The molecule has 1 amide bonds. The standard InChI is InChI=1S/C8H13N3O/c1-3-10-8(12)6-4-5-11(2)7(6)9/h4-5H,3,9H2,1-2H3,(H,10,12). The molecular weight excluding hydrogens is 154 g/mol. The highest BCUT2D eigenvalue weighted by atomic mass is 16.1. The molecule has 0 saturated carbocycles. The Labute approximate surface area is 71.4 Å². The van der Waals surface area contributed by atoms with Crippen molar-refractivity contribution < 1.29 is 4.79 Å². The Morgan fingerprint density at radius 2 is 2.42 bits per heavy atom. The third kappa shape index (κ3) is 1.42. The Bertz CT molecular complexity index is 290. The largest absolute Gasteiger partial charge is 0.384 e. The molecule has 1 rings (SSSR count). The minimum absolute atomic E-state index is 0.115. The van der Waals surface area contributed by atoms with Gasteiger partial charge in [0.25, 0.3) is 5.91 Å². The molecule has 1 heterocycles. The first-order valence-corrected chi connectivity index (χ1v) is 3.85. The lowest BCUT2D eigenvalue weighted by atomic mass is 10.3. The smallest absolute Gasteiger partial charge is 0.255 e. The normalized spacial score (nSPS) is 9.83. The van der Waals surface area contributed by atoms with Crippen molar-refractivity contribution in [1.82, 2.24) is 9.88 Å². The molecule has 0 bridgehead atoms. The summed E-state index contributed by atoms with van der Waals surface area (Å²) in [5.74, 6) is 0.386. The number of hydrogen-bond donors (Lipinski definition) is 2. The van der Waals surface area contributed by atoms with Gasteiger partial charge in [0, 0.05) is 19.8 Å². The number of nitrogen functional groups attached to an aromatic ring is 1. The molecule has 12 heavy (non-hydrogen) atoms. The first kappa shape index (κ1) is 8.64. The van der Waals surface area contributed by atoms with Crippen LogP contribution in [0.4, 0.5) is 5.82 Å². The topological polar surface area (TPSA) is 60.0 Å². The van der Waals surface area contributed by atoms with E-state index in [0.29, 0.717) is 17.9 Å². The average Bonchev–Trinajstić information content (AvgIpc) is 2.34. The number of aryl methyl sites for hydroxylation is 1. The molecule has 4 nitrogen and oxygen atoms in total. The minimum Gasteiger partial charge on any atom is -0.384 e. The van der Waals surface area contributed by atoms with Gasteiger partial charge in [0.2, 0.25) is 0 Å². The summed E-state index contributed by atoms with van der Waals surface area (Å²) in [6, 6.07) is 1.71. The van der Waals surface area contributed by atoms with Crippen LogP contribution in [0, 0.1) is 0 Å². The fourth-order valence-corrected chi connectivity index (χ4v) is 0.990. The monoisotopic (exact) mass is 167 g/mol.